The number of carbonyl (C=O) groups is 2. The number of nitrogens with zero attached hydrogens (tertiary/aromatic N) is 1. The average molecular weight is 339 g/mol. The van der Waals surface area contributed by atoms with Crippen LogP contribution in [0.3, 0.4) is 0 Å². The van der Waals surface area contributed by atoms with E-state index in [1.165, 1.54) is 7.11 Å². The van der Waals surface area contributed by atoms with Gasteiger partial charge >= 0.3 is 5.97 Å². The van der Waals surface area contributed by atoms with Gasteiger partial charge in [-0.05, 0) is 23.8 Å². The topological polar surface area (TPSA) is 65.1 Å². The van der Waals surface area contributed by atoms with E-state index in [2.05, 4.69) is 0 Å². The number of hydrogen-bond acceptors (Lipinski definition) is 5. The number of esters is 1. The van der Waals surface area contributed by atoms with Crippen LogP contribution >= 0.6 is 0 Å². The highest BCUT2D eigenvalue weighted by molar-refractivity contribution is 6.04. The zero-order valence-corrected chi connectivity index (χ0v) is 13.7. The van der Waals surface area contributed by atoms with Crippen LogP contribution < -0.4 is 9.64 Å². The number of ether oxygens (including phenoxy) is 3. The second-order valence-corrected chi connectivity index (χ2v) is 6.14. The minimum absolute atomic E-state index is 0.155. The molecule has 2 aromatic carbocycles. The van der Waals surface area contributed by atoms with Crippen molar-refractivity contribution in [1.29, 1.82) is 0 Å². The molecule has 2 aliphatic heterocycles. The molecular formula is C19H17NO5. The van der Waals surface area contributed by atoms with Crippen LogP contribution in [0.2, 0.25) is 0 Å². The van der Waals surface area contributed by atoms with Gasteiger partial charge in [0.05, 0.1) is 38.1 Å². The summed E-state index contributed by atoms with van der Waals surface area (Å²) in [7, 11) is 1.33. The summed E-state index contributed by atoms with van der Waals surface area (Å²) in [6.45, 7) is 0.854. The van der Waals surface area contributed by atoms with Gasteiger partial charge in [0.2, 0.25) is 5.60 Å². The van der Waals surface area contributed by atoms with Crippen molar-refractivity contribution in [3.05, 3.63) is 59.7 Å². The normalized spacial score (nSPS) is 17.5. The van der Waals surface area contributed by atoms with E-state index >= 15 is 0 Å². The van der Waals surface area contributed by atoms with E-state index in [0.29, 0.717) is 23.5 Å². The lowest BCUT2D eigenvalue weighted by Gasteiger charge is -2.46. The Balaban J connectivity index is 1.77. The molecule has 0 N–H and O–H groups in total. The zero-order valence-electron chi connectivity index (χ0n) is 13.7. The number of anilines is 1. The van der Waals surface area contributed by atoms with Crippen molar-refractivity contribution in [2.24, 2.45) is 0 Å². The molecule has 25 heavy (non-hydrogen) atoms. The molecule has 1 spiro atoms. The molecule has 0 saturated carbocycles. The Kier molecular flexibility index (Phi) is 3.69. The van der Waals surface area contributed by atoms with Crippen molar-refractivity contribution in [1.82, 2.24) is 0 Å². The SMILES string of the molecule is COC(=O)c1ccc2c(c1)N(Cc1ccccc1)C(=O)C1(COC1)O2. The van der Waals surface area contributed by atoms with Gasteiger partial charge in [-0.15, -0.1) is 0 Å². The fourth-order valence-corrected chi connectivity index (χ4v) is 3.06. The maximum Gasteiger partial charge on any atom is 0.337 e. The maximum atomic E-state index is 13.1. The largest absolute Gasteiger partial charge is 0.470 e. The third-order valence-corrected chi connectivity index (χ3v) is 4.47. The molecular weight excluding hydrogens is 322 g/mol. The van der Waals surface area contributed by atoms with Crippen LogP contribution in [0.1, 0.15) is 15.9 Å². The first-order chi connectivity index (χ1) is 12.1. The van der Waals surface area contributed by atoms with E-state index in [-0.39, 0.29) is 19.1 Å². The first-order valence-corrected chi connectivity index (χ1v) is 7.98. The molecule has 0 atom stereocenters. The summed E-state index contributed by atoms with van der Waals surface area (Å²) >= 11 is 0. The first-order valence-electron chi connectivity index (χ1n) is 7.98. The number of rotatable bonds is 3. The Labute approximate surface area is 144 Å². The monoisotopic (exact) mass is 339 g/mol. The summed E-state index contributed by atoms with van der Waals surface area (Å²) < 4.78 is 15.9. The second kappa shape index (κ2) is 5.89. The van der Waals surface area contributed by atoms with Gasteiger partial charge in [-0.2, -0.15) is 0 Å². The van der Waals surface area contributed by atoms with Crippen molar-refractivity contribution < 1.29 is 23.8 Å². The minimum atomic E-state index is -0.964. The van der Waals surface area contributed by atoms with Crippen molar-refractivity contribution >= 4 is 17.6 Å². The lowest BCUT2D eigenvalue weighted by atomic mass is 9.96. The summed E-state index contributed by atoms with van der Waals surface area (Å²) in [6.07, 6.45) is 0. The lowest BCUT2D eigenvalue weighted by Crippen LogP contribution is -2.66. The lowest BCUT2D eigenvalue weighted by molar-refractivity contribution is -0.181. The van der Waals surface area contributed by atoms with Crippen LogP contribution in [0.15, 0.2) is 48.5 Å². The standard InChI is InChI=1S/C19H17NO5/c1-23-17(21)14-7-8-16-15(9-14)20(10-13-5-3-2-4-6-13)18(22)19(25-16)11-24-12-19/h2-9H,10-12H2,1H3. The van der Waals surface area contributed by atoms with Crippen molar-refractivity contribution in [2.45, 2.75) is 12.1 Å². The Morgan fingerprint density at radius 1 is 1.20 bits per heavy atom. The number of methoxy groups -OCH3 is 1. The predicted octanol–water partition coefficient (Wildman–Crippen LogP) is 2.17. The number of carbonyl (C=O) groups excluding carboxylic acids is 2. The molecule has 2 aliphatic rings. The molecule has 0 radical (unpaired) electrons. The molecule has 1 fully saturated rings. The molecule has 0 aromatic heterocycles. The summed E-state index contributed by atoms with van der Waals surface area (Å²) in [5.74, 6) is -0.0502. The number of amides is 1. The maximum absolute atomic E-state index is 13.1. The summed E-state index contributed by atoms with van der Waals surface area (Å²) in [6, 6.07) is 14.7. The highest BCUT2D eigenvalue weighted by atomic mass is 16.6. The van der Waals surface area contributed by atoms with Gasteiger partial charge in [0.15, 0.2) is 0 Å². The van der Waals surface area contributed by atoms with Crippen molar-refractivity contribution in [3.63, 3.8) is 0 Å². The number of fused-ring (bicyclic) bond motifs is 1. The van der Waals surface area contributed by atoms with Crippen LogP contribution in [0.4, 0.5) is 5.69 Å². The van der Waals surface area contributed by atoms with Gasteiger partial charge in [-0.1, -0.05) is 30.3 Å². The van der Waals surface area contributed by atoms with E-state index in [1.807, 2.05) is 30.3 Å². The zero-order chi connectivity index (χ0) is 17.4. The molecule has 0 aliphatic carbocycles. The smallest absolute Gasteiger partial charge is 0.337 e. The van der Waals surface area contributed by atoms with Gasteiger partial charge in [-0.3, -0.25) is 4.79 Å². The molecule has 6 nitrogen and oxygen atoms in total. The van der Waals surface area contributed by atoms with Crippen molar-refractivity contribution in [2.75, 3.05) is 25.2 Å². The third-order valence-electron chi connectivity index (χ3n) is 4.47. The fourth-order valence-electron chi connectivity index (χ4n) is 3.06. The molecule has 6 heteroatoms. The number of benzene rings is 2. The molecule has 1 saturated heterocycles. The fraction of sp³-hybridized carbons (Fsp3) is 0.263. The first kappa shape index (κ1) is 15.7. The highest BCUT2D eigenvalue weighted by Crippen LogP contribution is 2.42. The van der Waals surface area contributed by atoms with Crippen LogP contribution in [0, 0.1) is 0 Å². The van der Waals surface area contributed by atoms with Gasteiger partial charge in [0, 0.05) is 0 Å². The average Bonchev–Trinajstić information content (AvgIpc) is 2.62. The third kappa shape index (κ3) is 2.55. The van der Waals surface area contributed by atoms with Gasteiger partial charge in [-0.25, -0.2) is 4.79 Å². The van der Waals surface area contributed by atoms with Gasteiger partial charge in [0.1, 0.15) is 5.75 Å². The summed E-state index contributed by atoms with van der Waals surface area (Å²) in [5, 5.41) is 0. The highest BCUT2D eigenvalue weighted by Gasteiger charge is 2.54. The molecule has 2 aromatic rings. The number of hydrogen-bond donors (Lipinski definition) is 0. The predicted molar refractivity (Wildman–Crippen MR) is 89.6 cm³/mol. The Morgan fingerprint density at radius 3 is 2.60 bits per heavy atom. The van der Waals surface area contributed by atoms with Gasteiger partial charge in [0.25, 0.3) is 5.91 Å². The van der Waals surface area contributed by atoms with Crippen LogP contribution in [0.25, 0.3) is 0 Å². The minimum Gasteiger partial charge on any atom is -0.470 e. The van der Waals surface area contributed by atoms with E-state index < -0.39 is 11.6 Å². The quantitative estimate of drug-likeness (QED) is 0.802. The van der Waals surface area contributed by atoms with E-state index in [9.17, 15) is 9.59 Å². The van der Waals surface area contributed by atoms with Crippen molar-refractivity contribution in [3.8, 4) is 5.75 Å². The summed E-state index contributed by atoms with van der Waals surface area (Å²) in [4.78, 5) is 26.6. The summed E-state index contributed by atoms with van der Waals surface area (Å²) in [5.41, 5.74) is 0.961. The Hall–Kier alpha value is -2.86. The van der Waals surface area contributed by atoms with Crippen LogP contribution in [0.5, 0.6) is 5.75 Å². The Morgan fingerprint density at radius 2 is 1.96 bits per heavy atom. The molecule has 2 heterocycles. The molecule has 4 rings (SSSR count). The van der Waals surface area contributed by atoms with Crippen LogP contribution in [-0.2, 0) is 20.8 Å². The van der Waals surface area contributed by atoms with E-state index in [4.69, 9.17) is 14.2 Å². The van der Waals surface area contributed by atoms with Crippen LogP contribution in [-0.4, -0.2) is 37.8 Å². The van der Waals surface area contributed by atoms with Gasteiger partial charge < -0.3 is 19.1 Å². The Bertz CT molecular complexity index is 829. The molecule has 128 valence electrons. The molecule has 0 unspecified atom stereocenters. The second-order valence-electron chi connectivity index (χ2n) is 6.14. The van der Waals surface area contributed by atoms with E-state index in [1.54, 1.807) is 23.1 Å². The molecule has 1 amide bonds. The molecule has 0 bridgehead atoms. The van der Waals surface area contributed by atoms with E-state index in [0.717, 1.165) is 5.56 Å².